The highest BCUT2D eigenvalue weighted by Gasteiger charge is 2.18. The summed E-state index contributed by atoms with van der Waals surface area (Å²) in [6.45, 7) is 6.58. The molecule has 2 aromatic rings. The molecule has 0 spiro atoms. The van der Waals surface area contributed by atoms with Crippen LogP contribution in [0.1, 0.15) is 28.2 Å². The zero-order valence-electron chi connectivity index (χ0n) is 13.2. The molecular formula is C19H22N2O. The zero-order chi connectivity index (χ0) is 15.4. The summed E-state index contributed by atoms with van der Waals surface area (Å²) >= 11 is 0. The highest BCUT2D eigenvalue weighted by atomic mass is 16.5. The molecule has 1 aliphatic rings. The highest BCUT2D eigenvalue weighted by molar-refractivity contribution is 5.74. The molecular weight excluding hydrogens is 272 g/mol. The van der Waals surface area contributed by atoms with Gasteiger partial charge in [0.1, 0.15) is 6.61 Å². The Morgan fingerprint density at radius 2 is 1.91 bits per heavy atom. The molecule has 0 aromatic heterocycles. The Balaban J connectivity index is 1.90. The van der Waals surface area contributed by atoms with Gasteiger partial charge in [0.25, 0.3) is 6.02 Å². The quantitative estimate of drug-likeness (QED) is 0.937. The Morgan fingerprint density at radius 1 is 1.09 bits per heavy atom. The minimum absolute atomic E-state index is 0.285. The van der Waals surface area contributed by atoms with E-state index in [2.05, 4.69) is 72.7 Å². The van der Waals surface area contributed by atoms with Crippen molar-refractivity contribution in [2.45, 2.75) is 19.8 Å². The Morgan fingerprint density at radius 3 is 2.64 bits per heavy atom. The average molecular weight is 294 g/mol. The molecule has 1 unspecified atom stereocenters. The third-order valence-corrected chi connectivity index (χ3v) is 4.27. The van der Waals surface area contributed by atoms with Crippen LogP contribution in [0.3, 0.4) is 0 Å². The van der Waals surface area contributed by atoms with Crippen molar-refractivity contribution < 1.29 is 4.74 Å². The molecule has 1 heterocycles. The number of nitrogens with zero attached hydrogens (tertiary/aromatic N) is 1. The van der Waals surface area contributed by atoms with Crippen molar-refractivity contribution in [3.05, 3.63) is 70.8 Å². The predicted octanol–water partition coefficient (Wildman–Crippen LogP) is 3.41. The monoisotopic (exact) mass is 294 g/mol. The lowest BCUT2D eigenvalue weighted by atomic mass is 9.87. The maximum atomic E-state index is 5.47. The summed E-state index contributed by atoms with van der Waals surface area (Å²) in [7, 11) is 0. The largest absolute Gasteiger partial charge is 0.463 e. The lowest BCUT2D eigenvalue weighted by Gasteiger charge is -2.22. The van der Waals surface area contributed by atoms with Crippen LogP contribution in [0.25, 0.3) is 0 Å². The number of ether oxygens (including phenoxy) is 1. The van der Waals surface area contributed by atoms with Gasteiger partial charge >= 0.3 is 0 Å². The van der Waals surface area contributed by atoms with Gasteiger partial charge in [0.15, 0.2) is 0 Å². The fraction of sp³-hybridized carbons (Fsp3) is 0.316. The van der Waals surface area contributed by atoms with Gasteiger partial charge in [-0.25, -0.2) is 4.99 Å². The van der Waals surface area contributed by atoms with Crippen LogP contribution in [-0.4, -0.2) is 25.7 Å². The van der Waals surface area contributed by atoms with E-state index in [-0.39, 0.29) is 5.92 Å². The lowest BCUT2D eigenvalue weighted by molar-refractivity contribution is 0.331. The first kappa shape index (κ1) is 14.6. The zero-order valence-corrected chi connectivity index (χ0v) is 13.2. The van der Waals surface area contributed by atoms with Gasteiger partial charge in [-0.3, -0.25) is 0 Å². The predicted molar refractivity (Wildman–Crippen MR) is 90.5 cm³/mol. The number of aliphatic imine (C=N–C) groups is 1. The number of rotatable bonds is 4. The van der Waals surface area contributed by atoms with Crippen LogP contribution in [0.4, 0.5) is 0 Å². The van der Waals surface area contributed by atoms with E-state index >= 15 is 0 Å². The van der Waals surface area contributed by atoms with E-state index in [0.29, 0.717) is 12.6 Å². The maximum Gasteiger partial charge on any atom is 0.284 e. The molecule has 22 heavy (non-hydrogen) atoms. The molecule has 0 bridgehead atoms. The molecule has 0 saturated carbocycles. The number of hydrogen-bond donors (Lipinski definition) is 1. The Labute approximate surface area is 132 Å². The summed E-state index contributed by atoms with van der Waals surface area (Å²) in [5.74, 6) is 0.285. The molecule has 114 valence electrons. The van der Waals surface area contributed by atoms with Crippen LogP contribution in [0.5, 0.6) is 0 Å². The summed E-state index contributed by atoms with van der Waals surface area (Å²) < 4.78 is 5.47. The van der Waals surface area contributed by atoms with E-state index in [9.17, 15) is 0 Å². The van der Waals surface area contributed by atoms with Gasteiger partial charge in [0.05, 0.1) is 6.54 Å². The fourth-order valence-corrected chi connectivity index (χ4v) is 2.88. The smallest absolute Gasteiger partial charge is 0.284 e. The molecule has 1 aliphatic heterocycles. The van der Waals surface area contributed by atoms with Crippen molar-refractivity contribution in [1.29, 1.82) is 0 Å². The van der Waals surface area contributed by atoms with Crippen molar-refractivity contribution in [1.82, 2.24) is 5.32 Å². The third kappa shape index (κ3) is 3.14. The van der Waals surface area contributed by atoms with Crippen molar-refractivity contribution in [3.8, 4) is 0 Å². The summed E-state index contributed by atoms with van der Waals surface area (Å²) in [6.07, 6.45) is 0. The topological polar surface area (TPSA) is 33.6 Å². The van der Waals surface area contributed by atoms with E-state index < -0.39 is 0 Å². The van der Waals surface area contributed by atoms with Crippen LogP contribution in [0, 0.1) is 13.8 Å². The summed E-state index contributed by atoms with van der Waals surface area (Å²) in [5, 5.41) is 3.35. The van der Waals surface area contributed by atoms with Gasteiger partial charge in [-0.15, -0.1) is 0 Å². The second kappa shape index (κ2) is 6.65. The Bertz CT molecular complexity index is 664. The second-order valence-corrected chi connectivity index (χ2v) is 5.67. The summed E-state index contributed by atoms with van der Waals surface area (Å²) in [6, 6.07) is 17.8. The summed E-state index contributed by atoms with van der Waals surface area (Å²) in [4.78, 5) is 4.32. The van der Waals surface area contributed by atoms with Gasteiger partial charge in [-0.1, -0.05) is 48.5 Å². The maximum absolute atomic E-state index is 5.47. The highest BCUT2D eigenvalue weighted by Crippen LogP contribution is 2.28. The second-order valence-electron chi connectivity index (χ2n) is 5.67. The molecule has 3 nitrogen and oxygen atoms in total. The number of nitrogens with one attached hydrogen (secondary N) is 1. The molecule has 0 saturated heterocycles. The van der Waals surface area contributed by atoms with Gasteiger partial charge in [0.2, 0.25) is 0 Å². The van der Waals surface area contributed by atoms with Crippen molar-refractivity contribution in [2.24, 2.45) is 4.99 Å². The summed E-state index contributed by atoms with van der Waals surface area (Å²) in [5.41, 5.74) is 5.35. The van der Waals surface area contributed by atoms with Gasteiger partial charge in [-0.05, 0) is 36.1 Å². The molecule has 1 N–H and O–H groups in total. The SMILES string of the molecule is Cc1cccc(C(CNC2=NCCO2)c2ccccc2)c1C. The first-order chi connectivity index (χ1) is 10.8. The van der Waals surface area contributed by atoms with Crippen LogP contribution in [0.15, 0.2) is 53.5 Å². The van der Waals surface area contributed by atoms with E-state index in [1.807, 2.05) is 0 Å². The standard InChI is InChI=1S/C19H22N2O/c1-14-7-6-10-17(15(14)2)18(16-8-4-3-5-9-16)13-21-19-20-11-12-22-19/h3-10,18H,11-13H2,1-2H3,(H,20,21). The molecule has 1 atom stereocenters. The van der Waals surface area contributed by atoms with E-state index in [1.54, 1.807) is 0 Å². The Kier molecular flexibility index (Phi) is 4.42. The first-order valence-corrected chi connectivity index (χ1v) is 7.78. The number of hydrogen-bond acceptors (Lipinski definition) is 3. The van der Waals surface area contributed by atoms with Crippen molar-refractivity contribution in [2.75, 3.05) is 19.7 Å². The van der Waals surface area contributed by atoms with Gasteiger partial charge in [-0.2, -0.15) is 0 Å². The average Bonchev–Trinajstić information content (AvgIpc) is 3.06. The molecule has 0 amide bonds. The third-order valence-electron chi connectivity index (χ3n) is 4.27. The molecule has 0 radical (unpaired) electrons. The minimum atomic E-state index is 0.285. The van der Waals surface area contributed by atoms with Crippen LogP contribution in [0.2, 0.25) is 0 Å². The van der Waals surface area contributed by atoms with Gasteiger partial charge < -0.3 is 10.1 Å². The number of benzene rings is 2. The van der Waals surface area contributed by atoms with Crippen LogP contribution in [-0.2, 0) is 4.74 Å². The number of aryl methyl sites for hydroxylation is 1. The van der Waals surface area contributed by atoms with Crippen molar-refractivity contribution >= 4 is 6.02 Å². The van der Waals surface area contributed by atoms with Gasteiger partial charge in [0, 0.05) is 12.5 Å². The van der Waals surface area contributed by atoms with E-state index in [1.165, 1.54) is 22.3 Å². The van der Waals surface area contributed by atoms with Crippen molar-refractivity contribution in [3.63, 3.8) is 0 Å². The first-order valence-electron chi connectivity index (χ1n) is 7.78. The van der Waals surface area contributed by atoms with Crippen LogP contribution >= 0.6 is 0 Å². The molecule has 0 fully saturated rings. The van der Waals surface area contributed by atoms with Crippen LogP contribution < -0.4 is 5.32 Å². The van der Waals surface area contributed by atoms with E-state index in [0.717, 1.165) is 13.1 Å². The molecule has 0 aliphatic carbocycles. The minimum Gasteiger partial charge on any atom is -0.463 e. The lowest BCUT2D eigenvalue weighted by Crippen LogP contribution is -2.29. The van der Waals surface area contributed by atoms with E-state index in [4.69, 9.17) is 4.74 Å². The number of amidine groups is 1. The molecule has 3 heteroatoms. The molecule has 2 aromatic carbocycles. The Hall–Kier alpha value is -2.29. The fourth-order valence-electron chi connectivity index (χ4n) is 2.88. The normalized spacial score (nSPS) is 15.1. The molecule has 3 rings (SSSR count).